The third kappa shape index (κ3) is 6.86. The zero-order valence-electron chi connectivity index (χ0n) is 15.5. The van der Waals surface area contributed by atoms with E-state index in [1.165, 1.54) is 12.1 Å². The van der Waals surface area contributed by atoms with Crippen molar-refractivity contribution in [1.29, 1.82) is 0 Å². The lowest BCUT2D eigenvalue weighted by atomic mass is 10.1. The van der Waals surface area contributed by atoms with Gasteiger partial charge >= 0.3 is 0 Å². The van der Waals surface area contributed by atoms with Crippen LogP contribution >= 0.6 is 11.6 Å². The number of halogens is 1. The summed E-state index contributed by atoms with van der Waals surface area (Å²) in [5.41, 5.74) is -0.205. The third-order valence-corrected chi connectivity index (χ3v) is 5.36. The lowest BCUT2D eigenvalue weighted by Gasteiger charge is -2.20. The Morgan fingerprint density at radius 1 is 1.11 bits per heavy atom. The second kappa shape index (κ2) is 8.73. The molecule has 0 saturated heterocycles. The minimum Gasteiger partial charge on any atom is -0.491 e. The van der Waals surface area contributed by atoms with Gasteiger partial charge in [-0.15, -0.1) is 0 Å². The van der Waals surface area contributed by atoms with Crippen LogP contribution in [0.3, 0.4) is 0 Å². The smallest absolute Gasteiger partial charge is 0.241 e. The highest BCUT2D eigenvalue weighted by Crippen LogP contribution is 2.23. The van der Waals surface area contributed by atoms with E-state index in [4.69, 9.17) is 16.3 Å². The molecular weight excluding hydrogens is 388 g/mol. The van der Waals surface area contributed by atoms with Crippen molar-refractivity contribution in [3.63, 3.8) is 0 Å². The molecule has 0 unspecified atom stereocenters. The number of nitrogens with one attached hydrogen (secondary N) is 2. The van der Waals surface area contributed by atoms with Crippen LogP contribution in [0.25, 0.3) is 0 Å². The van der Waals surface area contributed by atoms with Crippen LogP contribution in [-0.4, -0.2) is 26.5 Å². The number of hydrogen-bond acceptors (Lipinski definition) is 4. The second-order valence-corrected chi connectivity index (χ2v) is 9.05. The second-order valence-electron chi connectivity index (χ2n) is 6.96. The van der Waals surface area contributed by atoms with Gasteiger partial charge in [-0.3, -0.25) is 4.79 Å². The molecule has 146 valence electrons. The first-order valence-corrected chi connectivity index (χ1v) is 10.2. The topological polar surface area (TPSA) is 84.5 Å². The number of benzene rings is 2. The van der Waals surface area contributed by atoms with Crippen molar-refractivity contribution in [2.24, 2.45) is 0 Å². The quantitative estimate of drug-likeness (QED) is 0.726. The van der Waals surface area contributed by atoms with E-state index in [2.05, 4.69) is 10.0 Å². The van der Waals surface area contributed by atoms with Crippen LogP contribution in [0.5, 0.6) is 5.75 Å². The van der Waals surface area contributed by atoms with Crippen LogP contribution in [0.1, 0.15) is 27.2 Å². The van der Waals surface area contributed by atoms with Crippen LogP contribution in [0.2, 0.25) is 5.02 Å². The SMILES string of the molecule is CC(C)(C)NS(=O)(=O)c1cccc(NC(=O)CCOc2ccccc2Cl)c1. The van der Waals surface area contributed by atoms with E-state index >= 15 is 0 Å². The number of ether oxygens (including phenoxy) is 1. The van der Waals surface area contributed by atoms with Crippen molar-refractivity contribution >= 4 is 33.2 Å². The molecule has 2 aromatic carbocycles. The maximum atomic E-state index is 12.4. The number of carbonyl (C=O) groups is 1. The van der Waals surface area contributed by atoms with Crippen molar-refractivity contribution in [1.82, 2.24) is 4.72 Å². The summed E-state index contributed by atoms with van der Waals surface area (Å²) in [6.07, 6.45) is 0.0996. The van der Waals surface area contributed by atoms with Gasteiger partial charge in [-0.05, 0) is 51.1 Å². The van der Waals surface area contributed by atoms with Crippen molar-refractivity contribution in [3.05, 3.63) is 53.6 Å². The molecule has 0 heterocycles. The first-order valence-electron chi connectivity index (χ1n) is 8.38. The van der Waals surface area contributed by atoms with Crippen LogP contribution in [0.15, 0.2) is 53.4 Å². The summed E-state index contributed by atoms with van der Waals surface area (Å²) >= 11 is 5.99. The Hall–Kier alpha value is -2.09. The van der Waals surface area contributed by atoms with E-state index in [0.717, 1.165) is 0 Å². The van der Waals surface area contributed by atoms with Crippen LogP contribution < -0.4 is 14.8 Å². The van der Waals surface area contributed by atoms with Crippen LogP contribution in [0, 0.1) is 0 Å². The van der Waals surface area contributed by atoms with Crippen molar-refractivity contribution < 1.29 is 17.9 Å². The Balaban J connectivity index is 1.95. The lowest BCUT2D eigenvalue weighted by molar-refractivity contribution is -0.116. The van der Waals surface area contributed by atoms with Gasteiger partial charge in [-0.25, -0.2) is 13.1 Å². The first-order chi connectivity index (χ1) is 12.6. The normalized spacial score (nSPS) is 11.9. The van der Waals surface area contributed by atoms with Gasteiger partial charge in [0, 0.05) is 11.2 Å². The van der Waals surface area contributed by atoms with Gasteiger partial charge in [0.05, 0.1) is 22.9 Å². The zero-order valence-corrected chi connectivity index (χ0v) is 17.0. The van der Waals surface area contributed by atoms with E-state index in [1.807, 2.05) is 0 Å². The number of hydrogen-bond donors (Lipinski definition) is 2. The number of amides is 1. The molecule has 2 N–H and O–H groups in total. The van der Waals surface area contributed by atoms with Crippen molar-refractivity contribution in [2.45, 2.75) is 37.6 Å². The van der Waals surface area contributed by atoms with Gasteiger partial charge < -0.3 is 10.1 Å². The molecule has 0 spiro atoms. The van der Waals surface area contributed by atoms with Crippen molar-refractivity contribution in [3.8, 4) is 5.75 Å². The summed E-state index contributed by atoms with van der Waals surface area (Å²) in [6, 6.07) is 13.1. The van der Waals surface area contributed by atoms with E-state index in [0.29, 0.717) is 16.5 Å². The summed E-state index contributed by atoms with van der Waals surface area (Å²) in [5.74, 6) is 0.216. The molecular formula is C19H23ClN2O4S. The first kappa shape index (κ1) is 21.2. The fraction of sp³-hybridized carbons (Fsp3) is 0.316. The molecule has 0 fully saturated rings. The largest absolute Gasteiger partial charge is 0.491 e. The van der Waals surface area contributed by atoms with E-state index in [1.54, 1.807) is 57.2 Å². The predicted octanol–water partition coefficient (Wildman–Crippen LogP) is 3.82. The molecule has 27 heavy (non-hydrogen) atoms. The molecule has 8 heteroatoms. The number of rotatable bonds is 7. The third-order valence-electron chi connectivity index (χ3n) is 3.29. The molecule has 0 atom stereocenters. The summed E-state index contributed by atoms with van der Waals surface area (Å²) in [7, 11) is -3.67. The monoisotopic (exact) mass is 410 g/mol. The molecule has 0 radical (unpaired) electrons. The van der Waals surface area contributed by atoms with Gasteiger partial charge in [0.15, 0.2) is 0 Å². The Morgan fingerprint density at radius 2 is 1.81 bits per heavy atom. The van der Waals surface area contributed by atoms with E-state index in [9.17, 15) is 13.2 Å². The van der Waals surface area contributed by atoms with Crippen LogP contribution in [-0.2, 0) is 14.8 Å². The molecule has 2 rings (SSSR count). The fourth-order valence-electron chi connectivity index (χ4n) is 2.24. The molecule has 0 aromatic heterocycles. The number of anilines is 1. The van der Waals surface area contributed by atoms with Crippen molar-refractivity contribution in [2.75, 3.05) is 11.9 Å². The highest BCUT2D eigenvalue weighted by Gasteiger charge is 2.22. The molecule has 0 bridgehead atoms. The summed E-state index contributed by atoms with van der Waals surface area (Å²) in [6.45, 7) is 5.43. The lowest BCUT2D eigenvalue weighted by Crippen LogP contribution is -2.40. The van der Waals surface area contributed by atoms with Gasteiger partial charge in [-0.1, -0.05) is 29.8 Å². The minimum absolute atomic E-state index is 0.0857. The fourth-order valence-corrected chi connectivity index (χ4v) is 3.90. The van der Waals surface area contributed by atoms with Gasteiger partial charge in [0.1, 0.15) is 5.75 Å². The molecule has 1 amide bonds. The van der Waals surface area contributed by atoms with Crippen LogP contribution in [0.4, 0.5) is 5.69 Å². The van der Waals surface area contributed by atoms with E-state index in [-0.39, 0.29) is 23.8 Å². The standard InChI is InChI=1S/C19H23ClN2O4S/c1-19(2,3)22-27(24,25)15-8-6-7-14(13-15)21-18(23)11-12-26-17-10-5-4-9-16(17)20/h4-10,13,22H,11-12H2,1-3H3,(H,21,23). The Bertz CT molecular complexity index is 908. The molecule has 0 aliphatic carbocycles. The van der Waals surface area contributed by atoms with Gasteiger partial charge in [0.25, 0.3) is 0 Å². The predicted molar refractivity (Wildman–Crippen MR) is 107 cm³/mol. The Labute approximate surface area is 164 Å². The number of carbonyl (C=O) groups excluding carboxylic acids is 1. The maximum absolute atomic E-state index is 12.4. The highest BCUT2D eigenvalue weighted by molar-refractivity contribution is 7.89. The molecule has 0 saturated carbocycles. The Morgan fingerprint density at radius 3 is 2.48 bits per heavy atom. The highest BCUT2D eigenvalue weighted by atomic mass is 35.5. The summed E-state index contributed by atoms with van der Waals surface area (Å²) in [4.78, 5) is 12.2. The maximum Gasteiger partial charge on any atom is 0.241 e. The molecule has 0 aliphatic rings. The number of sulfonamides is 1. The Kier molecular flexibility index (Phi) is 6.86. The molecule has 0 aliphatic heterocycles. The summed E-state index contributed by atoms with van der Waals surface area (Å²) in [5, 5.41) is 3.15. The zero-order chi connectivity index (χ0) is 20.1. The van der Waals surface area contributed by atoms with E-state index < -0.39 is 15.6 Å². The number of para-hydroxylation sites is 1. The minimum atomic E-state index is -3.67. The molecule has 6 nitrogen and oxygen atoms in total. The summed E-state index contributed by atoms with van der Waals surface area (Å²) < 4.78 is 32.8. The average molecular weight is 411 g/mol. The average Bonchev–Trinajstić information content (AvgIpc) is 2.55. The van der Waals surface area contributed by atoms with Gasteiger partial charge in [-0.2, -0.15) is 0 Å². The van der Waals surface area contributed by atoms with Gasteiger partial charge in [0.2, 0.25) is 15.9 Å². The molecule has 2 aromatic rings.